The minimum atomic E-state index is -0.962. The summed E-state index contributed by atoms with van der Waals surface area (Å²) in [6.45, 7) is 1.76. The first-order chi connectivity index (χ1) is 14.9. The Bertz CT molecular complexity index is 1270. The van der Waals surface area contributed by atoms with Gasteiger partial charge in [0.1, 0.15) is 0 Å². The number of carbonyl (C=O) groups is 2. The molecule has 0 spiro atoms. The molecule has 0 bridgehead atoms. The lowest BCUT2D eigenvalue weighted by Crippen LogP contribution is -2.32. The number of H-pyrrole nitrogens is 1. The van der Waals surface area contributed by atoms with Crippen LogP contribution in [0.1, 0.15) is 23.7 Å². The van der Waals surface area contributed by atoms with Crippen LogP contribution >= 0.6 is 34.5 Å². The molecule has 2 aromatic heterocycles. The maximum Gasteiger partial charge on any atom is 0.338 e. The van der Waals surface area contributed by atoms with E-state index in [0.717, 1.165) is 5.52 Å². The van der Waals surface area contributed by atoms with E-state index in [9.17, 15) is 9.59 Å². The molecule has 1 amide bonds. The van der Waals surface area contributed by atoms with Crippen LogP contribution in [0.3, 0.4) is 0 Å². The predicted octanol–water partition coefficient (Wildman–Crippen LogP) is 5.57. The molecule has 0 saturated heterocycles. The molecule has 31 heavy (non-hydrogen) atoms. The number of rotatable bonds is 6. The lowest BCUT2D eigenvalue weighted by atomic mass is 10.2. The van der Waals surface area contributed by atoms with E-state index in [1.807, 2.05) is 0 Å². The fraction of sp³-hybridized carbons (Fsp3) is 0.143. The van der Waals surface area contributed by atoms with Crippen LogP contribution in [0, 0.1) is 0 Å². The number of imidazole rings is 1. The van der Waals surface area contributed by atoms with Gasteiger partial charge in [-0.2, -0.15) is 0 Å². The molecule has 0 saturated carbocycles. The van der Waals surface area contributed by atoms with Crippen LogP contribution in [0.5, 0.6) is 0 Å². The van der Waals surface area contributed by atoms with Gasteiger partial charge in [-0.15, -0.1) is 11.3 Å². The molecule has 4 rings (SSSR count). The number of thiazole rings is 1. The van der Waals surface area contributed by atoms with Crippen LogP contribution in [-0.2, 0) is 9.53 Å². The quantitative estimate of drug-likeness (QED) is 0.356. The Hall–Kier alpha value is -2.94. The molecule has 2 aromatic carbocycles. The van der Waals surface area contributed by atoms with Gasteiger partial charge in [-0.1, -0.05) is 30.1 Å². The number of anilines is 1. The average Bonchev–Trinajstić information content (AvgIpc) is 3.40. The zero-order valence-corrected chi connectivity index (χ0v) is 18.5. The van der Waals surface area contributed by atoms with E-state index < -0.39 is 18.0 Å². The molecule has 0 radical (unpaired) electrons. The zero-order valence-electron chi connectivity index (χ0n) is 16.2. The highest BCUT2D eigenvalue weighted by Gasteiger charge is 2.23. The summed E-state index contributed by atoms with van der Waals surface area (Å²) in [5.74, 6) is -1.05. The van der Waals surface area contributed by atoms with Crippen LogP contribution in [0.4, 0.5) is 5.13 Å². The normalized spacial score (nSPS) is 12.0. The van der Waals surface area contributed by atoms with Gasteiger partial charge in [0.2, 0.25) is 0 Å². The average molecular weight is 475 g/mol. The summed E-state index contributed by atoms with van der Waals surface area (Å²) in [5.41, 5.74) is 3.09. The van der Waals surface area contributed by atoms with Crippen molar-refractivity contribution in [3.8, 4) is 11.3 Å². The number of nitrogens with zero attached hydrogens (tertiary/aromatic N) is 2. The van der Waals surface area contributed by atoms with Crippen molar-refractivity contribution in [2.45, 2.75) is 19.4 Å². The lowest BCUT2D eigenvalue weighted by Gasteiger charge is -2.15. The predicted molar refractivity (Wildman–Crippen MR) is 122 cm³/mol. The molecular formula is C21H16Cl2N4O3S. The smallest absolute Gasteiger partial charge is 0.338 e. The Labute approximate surface area is 191 Å². The van der Waals surface area contributed by atoms with E-state index >= 15 is 0 Å². The maximum atomic E-state index is 12.7. The van der Waals surface area contributed by atoms with Crippen LogP contribution < -0.4 is 5.32 Å². The first kappa shape index (κ1) is 21.3. The lowest BCUT2D eigenvalue weighted by molar-refractivity contribution is -0.124. The highest BCUT2D eigenvalue weighted by Crippen LogP contribution is 2.32. The number of aromatic amines is 1. The minimum absolute atomic E-state index is 0.311. The summed E-state index contributed by atoms with van der Waals surface area (Å²) >= 11 is 13.4. The number of carbonyl (C=O) groups excluding carboxylic acids is 2. The molecule has 0 aliphatic heterocycles. The van der Waals surface area contributed by atoms with Crippen LogP contribution in [0.2, 0.25) is 10.0 Å². The van der Waals surface area contributed by atoms with E-state index in [4.69, 9.17) is 27.9 Å². The first-order valence-electron chi connectivity index (χ1n) is 9.30. The number of hydrogen-bond acceptors (Lipinski definition) is 6. The Balaban J connectivity index is 1.44. The van der Waals surface area contributed by atoms with Gasteiger partial charge >= 0.3 is 5.97 Å². The third-order valence-electron chi connectivity index (χ3n) is 4.51. The Morgan fingerprint density at radius 1 is 1.23 bits per heavy atom. The van der Waals surface area contributed by atoms with Crippen molar-refractivity contribution in [3.05, 3.63) is 63.7 Å². The van der Waals surface area contributed by atoms with E-state index in [0.29, 0.717) is 43.9 Å². The fourth-order valence-corrected chi connectivity index (χ4v) is 4.14. The number of amides is 1. The molecule has 0 fully saturated rings. The molecule has 1 atom stereocenters. The Morgan fingerprint density at radius 2 is 2.06 bits per heavy atom. The van der Waals surface area contributed by atoms with Gasteiger partial charge in [-0.25, -0.2) is 14.8 Å². The third-order valence-corrected chi connectivity index (χ3v) is 5.82. The molecule has 2 N–H and O–H groups in total. The minimum Gasteiger partial charge on any atom is -0.449 e. The van der Waals surface area contributed by atoms with Crippen molar-refractivity contribution in [2.24, 2.45) is 0 Å². The van der Waals surface area contributed by atoms with Crippen LogP contribution in [0.15, 0.2) is 48.1 Å². The molecule has 7 nitrogen and oxygen atoms in total. The van der Waals surface area contributed by atoms with Gasteiger partial charge in [-0.05, 0) is 42.8 Å². The molecule has 4 aromatic rings. The van der Waals surface area contributed by atoms with Crippen molar-refractivity contribution < 1.29 is 14.3 Å². The second-order valence-corrected chi connectivity index (χ2v) is 8.29. The summed E-state index contributed by atoms with van der Waals surface area (Å²) in [4.78, 5) is 36.6. The number of hydrogen-bond donors (Lipinski definition) is 2. The van der Waals surface area contributed by atoms with Gasteiger partial charge in [0.05, 0.1) is 33.6 Å². The standard InChI is InChI=1S/C21H16Cl2N4O3S/c1-2-18(30-20(29)11-3-6-15-16(7-11)25-10-24-15)19(28)27-21-26-17(9-31-21)13-5-4-12(22)8-14(13)23/h3-10,18H,2H2,1H3,(H,24,25)(H,26,27,28). The number of halogens is 2. The SMILES string of the molecule is CCC(OC(=O)c1ccc2nc[nH]c2c1)C(=O)Nc1nc(-c2ccc(Cl)cc2Cl)cs1. The van der Waals surface area contributed by atoms with E-state index in [1.165, 1.54) is 11.3 Å². The van der Waals surface area contributed by atoms with Crippen molar-refractivity contribution >= 4 is 62.6 Å². The van der Waals surface area contributed by atoms with Gasteiger partial charge in [-0.3, -0.25) is 10.1 Å². The van der Waals surface area contributed by atoms with Crippen LogP contribution in [-0.4, -0.2) is 32.9 Å². The molecular weight excluding hydrogens is 459 g/mol. The number of benzene rings is 2. The number of fused-ring (bicyclic) bond motifs is 1. The van der Waals surface area contributed by atoms with Gasteiger partial charge in [0.25, 0.3) is 5.91 Å². The summed E-state index contributed by atoms with van der Waals surface area (Å²) in [6.07, 6.45) is 0.892. The van der Waals surface area contributed by atoms with Crippen molar-refractivity contribution in [1.82, 2.24) is 15.0 Å². The topological polar surface area (TPSA) is 97.0 Å². The largest absolute Gasteiger partial charge is 0.449 e. The fourth-order valence-electron chi connectivity index (χ4n) is 2.92. The maximum absolute atomic E-state index is 12.7. The number of ether oxygens (including phenoxy) is 1. The zero-order chi connectivity index (χ0) is 22.0. The molecule has 10 heteroatoms. The Morgan fingerprint density at radius 3 is 2.84 bits per heavy atom. The summed E-state index contributed by atoms with van der Waals surface area (Å²) < 4.78 is 5.42. The molecule has 2 heterocycles. The molecule has 0 aliphatic rings. The summed E-state index contributed by atoms with van der Waals surface area (Å²) in [7, 11) is 0. The van der Waals surface area contributed by atoms with E-state index in [-0.39, 0.29) is 0 Å². The van der Waals surface area contributed by atoms with Crippen molar-refractivity contribution in [3.63, 3.8) is 0 Å². The van der Waals surface area contributed by atoms with Crippen molar-refractivity contribution in [1.29, 1.82) is 0 Å². The molecule has 158 valence electrons. The van der Waals surface area contributed by atoms with Gasteiger partial charge < -0.3 is 9.72 Å². The monoisotopic (exact) mass is 474 g/mol. The first-order valence-corrected chi connectivity index (χ1v) is 10.9. The molecule has 0 aliphatic carbocycles. The second kappa shape index (κ2) is 9.05. The highest BCUT2D eigenvalue weighted by atomic mass is 35.5. The van der Waals surface area contributed by atoms with E-state index in [1.54, 1.807) is 55.0 Å². The number of aromatic nitrogens is 3. The Kier molecular flexibility index (Phi) is 6.22. The second-order valence-electron chi connectivity index (χ2n) is 6.59. The van der Waals surface area contributed by atoms with Gasteiger partial charge in [0, 0.05) is 16.0 Å². The number of nitrogens with one attached hydrogen (secondary N) is 2. The third kappa shape index (κ3) is 4.71. The molecule has 1 unspecified atom stereocenters. The van der Waals surface area contributed by atoms with Crippen molar-refractivity contribution in [2.75, 3.05) is 5.32 Å². The number of esters is 1. The summed E-state index contributed by atoms with van der Waals surface area (Å²) in [6, 6.07) is 10.1. The van der Waals surface area contributed by atoms with Gasteiger partial charge in [0.15, 0.2) is 11.2 Å². The summed E-state index contributed by atoms with van der Waals surface area (Å²) in [5, 5.41) is 5.84. The highest BCUT2D eigenvalue weighted by molar-refractivity contribution is 7.14. The van der Waals surface area contributed by atoms with E-state index in [2.05, 4.69) is 20.3 Å². The van der Waals surface area contributed by atoms with Crippen LogP contribution in [0.25, 0.3) is 22.3 Å².